The minimum absolute atomic E-state index is 0.107. The normalized spacial score (nSPS) is 17.3. The Labute approximate surface area is 247 Å². The molecule has 0 saturated carbocycles. The van der Waals surface area contributed by atoms with E-state index in [-0.39, 0.29) is 75.4 Å². The zero-order chi connectivity index (χ0) is 31.1. The molecule has 3 heterocycles. The Morgan fingerprint density at radius 2 is 1.81 bits per heavy atom. The fourth-order valence-corrected chi connectivity index (χ4v) is 4.85. The molecule has 4 rings (SSSR count). The number of ether oxygens (including phenoxy) is 2. The molecule has 0 spiro atoms. The summed E-state index contributed by atoms with van der Waals surface area (Å²) in [7, 11) is 0. The number of rotatable bonds is 10. The lowest BCUT2D eigenvalue weighted by atomic mass is 10.1. The van der Waals surface area contributed by atoms with Crippen LogP contribution in [0.5, 0.6) is 5.75 Å². The summed E-state index contributed by atoms with van der Waals surface area (Å²) in [6.07, 6.45) is -0.834. The number of para-hydroxylation sites is 1. The Bertz CT molecular complexity index is 1410. The first kappa shape index (κ1) is 31.0. The third-order valence-corrected chi connectivity index (χ3v) is 7.07. The van der Waals surface area contributed by atoms with Crippen molar-refractivity contribution < 1.29 is 43.3 Å². The number of amides is 5. The molecule has 2 aliphatic heterocycles. The van der Waals surface area contributed by atoms with Gasteiger partial charge in [-0.2, -0.15) is 0 Å². The highest BCUT2D eigenvalue weighted by Gasteiger charge is 2.32. The minimum Gasteiger partial charge on any atom is -0.483 e. The van der Waals surface area contributed by atoms with E-state index in [1.54, 1.807) is 38.1 Å². The van der Waals surface area contributed by atoms with E-state index in [1.165, 1.54) is 20.9 Å². The van der Waals surface area contributed by atoms with Crippen molar-refractivity contribution >= 4 is 46.6 Å². The summed E-state index contributed by atoms with van der Waals surface area (Å²) in [5, 5.41) is 13.6. The lowest BCUT2D eigenvalue weighted by Gasteiger charge is -2.35. The van der Waals surface area contributed by atoms with Gasteiger partial charge in [-0.3, -0.25) is 29.4 Å². The van der Waals surface area contributed by atoms with Gasteiger partial charge in [-0.15, -0.1) is 0 Å². The Hall–Kier alpha value is -4.95. The number of piperazine rings is 1. The van der Waals surface area contributed by atoms with E-state index in [4.69, 9.17) is 9.47 Å². The topological polar surface area (TPSA) is 188 Å². The first-order chi connectivity index (χ1) is 20.6. The second-order valence-corrected chi connectivity index (χ2v) is 10.1. The summed E-state index contributed by atoms with van der Waals surface area (Å²) >= 11 is 0. The highest BCUT2D eigenvalue weighted by molar-refractivity contribution is 5.99. The van der Waals surface area contributed by atoms with Crippen LogP contribution in [-0.4, -0.2) is 112 Å². The molecule has 0 bridgehead atoms. The number of aromatic nitrogens is 1. The molecule has 5 amide bonds. The smallest absolute Gasteiger partial charge is 0.409 e. The van der Waals surface area contributed by atoms with Crippen LogP contribution in [0.25, 0.3) is 10.9 Å². The second-order valence-electron chi connectivity index (χ2n) is 10.1. The molecule has 2 aliphatic rings. The maximum atomic E-state index is 13.4. The van der Waals surface area contributed by atoms with Gasteiger partial charge in [-0.05, 0) is 32.4 Å². The molecule has 1 aromatic heterocycles. The molecule has 1 aromatic carbocycles. The molecular formula is C28H34N6O9. The first-order valence-corrected chi connectivity index (χ1v) is 13.9. The number of hydrogen-bond donors (Lipinski definition) is 3. The fourth-order valence-electron chi connectivity index (χ4n) is 4.85. The standard InChI is InChI=1S/C28H34N6O9/c1-3-42-28(41)33-12-10-32(11-13-33)27(40)20(8-9-25(37)38)30-26(39)21-15-22(18-6-4-5-7-19(18)29-21)43-16-24(36)34-17(2)14-23(35)31-34/h4-7,15,17,20H,3,8-14,16H2,1-2H3,(H,30,39)(H,31,35)(H,37,38)/t17-,20?/m0/s1. The van der Waals surface area contributed by atoms with Crippen LogP contribution in [0.15, 0.2) is 30.3 Å². The van der Waals surface area contributed by atoms with Crippen LogP contribution >= 0.6 is 0 Å². The molecule has 43 heavy (non-hydrogen) atoms. The number of nitrogens with one attached hydrogen (secondary N) is 2. The van der Waals surface area contributed by atoms with Crippen molar-refractivity contribution in [1.29, 1.82) is 0 Å². The largest absolute Gasteiger partial charge is 0.483 e. The van der Waals surface area contributed by atoms with E-state index >= 15 is 0 Å². The molecule has 15 heteroatoms. The molecule has 15 nitrogen and oxygen atoms in total. The Balaban J connectivity index is 1.49. The van der Waals surface area contributed by atoms with Crippen molar-refractivity contribution in [2.75, 3.05) is 39.4 Å². The number of pyridine rings is 1. The highest BCUT2D eigenvalue weighted by atomic mass is 16.6. The van der Waals surface area contributed by atoms with Crippen molar-refractivity contribution in [1.82, 2.24) is 30.5 Å². The highest BCUT2D eigenvalue weighted by Crippen LogP contribution is 2.26. The Morgan fingerprint density at radius 1 is 1.12 bits per heavy atom. The second kappa shape index (κ2) is 13.8. The summed E-state index contributed by atoms with van der Waals surface area (Å²) in [6.45, 7) is 4.07. The number of nitrogens with zero attached hydrogens (tertiary/aromatic N) is 4. The first-order valence-electron chi connectivity index (χ1n) is 13.9. The molecular weight excluding hydrogens is 564 g/mol. The quantitative estimate of drug-likeness (QED) is 0.348. The van der Waals surface area contributed by atoms with Crippen molar-refractivity contribution in [3.05, 3.63) is 36.0 Å². The molecule has 1 unspecified atom stereocenters. The van der Waals surface area contributed by atoms with E-state index in [0.717, 1.165) is 0 Å². The van der Waals surface area contributed by atoms with Crippen LogP contribution in [0.3, 0.4) is 0 Å². The van der Waals surface area contributed by atoms with E-state index in [2.05, 4.69) is 15.7 Å². The summed E-state index contributed by atoms with van der Waals surface area (Å²) in [5.41, 5.74) is 2.77. The van der Waals surface area contributed by atoms with Gasteiger partial charge in [-0.1, -0.05) is 12.1 Å². The van der Waals surface area contributed by atoms with Gasteiger partial charge in [0.25, 0.3) is 11.8 Å². The minimum atomic E-state index is -1.17. The summed E-state index contributed by atoms with van der Waals surface area (Å²) in [4.78, 5) is 81.7. The van der Waals surface area contributed by atoms with Crippen LogP contribution < -0.4 is 15.5 Å². The number of carboxylic acid groups (broad SMARTS) is 1. The number of fused-ring (bicyclic) bond motifs is 1. The number of carbonyl (C=O) groups is 6. The number of aliphatic carboxylic acids is 1. The average Bonchev–Trinajstić information content (AvgIpc) is 3.34. The lowest BCUT2D eigenvalue weighted by Crippen LogP contribution is -2.56. The third kappa shape index (κ3) is 7.67. The van der Waals surface area contributed by atoms with E-state index in [1.807, 2.05) is 0 Å². The molecule has 2 fully saturated rings. The number of hydrogen-bond acceptors (Lipinski definition) is 9. The number of benzene rings is 1. The van der Waals surface area contributed by atoms with Gasteiger partial charge in [-0.25, -0.2) is 14.8 Å². The zero-order valence-corrected chi connectivity index (χ0v) is 23.9. The van der Waals surface area contributed by atoms with Crippen molar-refractivity contribution in [2.45, 2.75) is 45.2 Å². The van der Waals surface area contributed by atoms with E-state index < -0.39 is 42.4 Å². The zero-order valence-electron chi connectivity index (χ0n) is 23.9. The maximum absolute atomic E-state index is 13.4. The molecule has 0 aliphatic carbocycles. The van der Waals surface area contributed by atoms with Crippen LogP contribution in [0, 0.1) is 0 Å². The van der Waals surface area contributed by atoms with Gasteiger partial charge >= 0.3 is 12.1 Å². The van der Waals surface area contributed by atoms with Gasteiger partial charge in [0.05, 0.1) is 24.6 Å². The summed E-state index contributed by atoms with van der Waals surface area (Å²) in [6, 6.07) is 6.64. The SMILES string of the molecule is CCOC(=O)N1CCN(C(=O)C(CCC(=O)O)NC(=O)c2cc(OCC(=O)N3NC(=O)C[C@@H]3C)c3ccccc3n2)CC1. The predicted octanol–water partition coefficient (Wildman–Crippen LogP) is 0.530. The van der Waals surface area contributed by atoms with Crippen molar-refractivity contribution in [2.24, 2.45) is 0 Å². The lowest BCUT2D eigenvalue weighted by molar-refractivity contribution is -0.139. The molecule has 3 N–H and O–H groups in total. The van der Waals surface area contributed by atoms with E-state index in [9.17, 15) is 33.9 Å². The van der Waals surface area contributed by atoms with Crippen molar-refractivity contribution in [3.63, 3.8) is 0 Å². The Morgan fingerprint density at radius 3 is 2.47 bits per heavy atom. The van der Waals surface area contributed by atoms with Gasteiger partial charge in [0.1, 0.15) is 17.5 Å². The third-order valence-electron chi connectivity index (χ3n) is 7.07. The number of carboxylic acids is 1. The van der Waals surface area contributed by atoms with Gasteiger partial charge in [0.2, 0.25) is 11.8 Å². The van der Waals surface area contributed by atoms with Crippen LogP contribution in [-0.2, 0) is 23.9 Å². The predicted molar refractivity (Wildman–Crippen MR) is 150 cm³/mol. The van der Waals surface area contributed by atoms with Crippen molar-refractivity contribution in [3.8, 4) is 5.75 Å². The van der Waals surface area contributed by atoms with E-state index in [0.29, 0.717) is 10.9 Å². The molecule has 230 valence electrons. The number of carbonyl (C=O) groups excluding carboxylic acids is 5. The van der Waals surface area contributed by atoms with Gasteiger partial charge in [0, 0.05) is 44.1 Å². The van der Waals surface area contributed by atoms with Crippen LogP contribution in [0.2, 0.25) is 0 Å². The molecule has 2 atom stereocenters. The molecule has 0 radical (unpaired) electrons. The molecule has 2 saturated heterocycles. The summed E-state index contributed by atoms with van der Waals surface area (Å²) < 4.78 is 10.8. The maximum Gasteiger partial charge on any atom is 0.409 e. The number of hydrazine groups is 1. The van der Waals surface area contributed by atoms with Gasteiger partial charge in [0.15, 0.2) is 6.61 Å². The monoisotopic (exact) mass is 598 g/mol. The van der Waals surface area contributed by atoms with Gasteiger partial charge < -0.3 is 29.7 Å². The Kier molecular flexibility index (Phi) is 9.95. The molecule has 2 aromatic rings. The summed E-state index contributed by atoms with van der Waals surface area (Å²) in [5.74, 6) is -2.92. The average molecular weight is 599 g/mol. The van der Waals surface area contributed by atoms with Crippen LogP contribution in [0.1, 0.15) is 43.6 Å². The van der Waals surface area contributed by atoms with Crippen LogP contribution in [0.4, 0.5) is 4.79 Å². The fraction of sp³-hybridized carbons (Fsp3) is 0.464.